The van der Waals surface area contributed by atoms with E-state index in [-0.39, 0.29) is 24.1 Å². The van der Waals surface area contributed by atoms with Gasteiger partial charge in [0.05, 0.1) is 0 Å². The third kappa shape index (κ3) is 2.89. The first-order valence-corrected chi connectivity index (χ1v) is 5.00. The van der Waals surface area contributed by atoms with E-state index in [2.05, 4.69) is 15.9 Å². The molecule has 1 atom stereocenters. The van der Waals surface area contributed by atoms with Crippen molar-refractivity contribution in [2.24, 2.45) is 5.73 Å². The van der Waals surface area contributed by atoms with E-state index < -0.39 is 0 Å². The summed E-state index contributed by atoms with van der Waals surface area (Å²) in [7, 11) is 0. The third-order valence-electron chi connectivity index (χ3n) is 1.87. The Hall–Kier alpha value is -0.740. The molecule has 0 saturated carbocycles. The Bertz CT molecular complexity index is 354. The van der Waals surface area contributed by atoms with Gasteiger partial charge in [0.15, 0.2) is 0 Å². The van der Waals surface area contributed by atoms with Crippen molar-refractivity contribution in [3.63, 3.8) is 0 Å². The maximum absolute atomic E-state index is 12.7. The number of carbonyl (C=O) groups is 1. The summed E-state index contributed by atoms with van der Waals surface area (Å²) in [5, 5.41) is 0. The van der Waals surface area contributed by atoms with Gasteiger partial charge in [-0.25, -0.2) is 4.39 Å². The highest BCUT2D eigenvalue weighted by Gasteiger charge is 2.12. The van der Waals surface area contributed by atoms with E-state index in [9.17, 15) is 9.18 Å². The van der Waals surface area contributed by atoms with Gasteiger partial charge in [-0.05, 0) is 24.6 Å². The first-order chi connectivity index (χ1) is 6.50. The van der Waals surface area contributed by atoms with E-state index in [1.807, 2.05) is 0 Å². The fourth-order valence-electron chi connectivity index (χ4n) is 1.22. The highest BCUT2D eigenvalue weighted by Crippen LogP contribution is 2.24. The van der Waals surface area contributed by atoms with Crippen LogP contribution in [0.1, 0.15) is 24.9 Å². The third-order valence-corrected chi connectivity index (χ3v) is 2.56. The average Bonchev–Trinajstić information content (AvgIpc) is 2.01. The molecule has 0 heterocycles. The molecule has 1 rings (SSSR count). The van der Waals surface area contributed by atoms with E-state index in [1.54, 1.807) is 6.07 Å². The van der Waals surface area contributed by atoms with Crippen LogP contribution in [-0.4, -0.2) is 5.78 Å². The molecular weight excluding hydrogens is 249 g/mol. The van der Waals surface area contributed by atoms with Crippen molar-refractivity contribution in [3.05, 3.63) is 34.1 Å². The van der Waals surface area contributed by atoms with Crippen molar-refractivity contribution in [1.29, 1.82) is 0 Å². The van der Waals surface area contributed by atoms with Gasteiger partial charge in [-0.3, -0.25) is 4.79 Å². The van der Waals surface area contributed by atoms with Crippen molar-refractivity contribution in [2.75, 3.05) is 0 Å². The zero-order valence-electron chi connectivity index (χ0n) is 7.76. The van der Waals surface area contributed by atoms with Gasteiger partial charge in [0.2, 0.25) is 0 Å². The van der Waals surface area contributed by atoms with Crippen LogP contribution in [-0.2, 0) is 4.79 Å². The van der Waals surface area contributed by atoms with Crippen molar-refractivity contribution in [2.45, 2.75) is 19.4 Å². The molecule has 0 fully saturated rings. The standard InChI is InChI=1S/C10H11BrFNO/c1-6(14)4-10(13)8-3-2-7(12)5-9(8)11/h2-3,5,10H,4,13H2,1H3/t10-/m1/s1. The predicted octanol–water partition coefficient (Wildman–Crippen LogP) is 2.57. The fourth-order valence-corrected chi connectivity index (χ4v) is 1.87. The molecule has 4 heteroatoms. The van der Waals surface area contributed by atoms with Gasteiger partial charge in [0.25, 0.3) is 0 Å². The van der Waals surface area contributed by atoms with Crippen LogP contribution in [0, 0.1) is 5.82 Å². The summed E-state index contributed by atoms with van der Waals surface area (Å²) in [5.74, 6) is -0.302. The molecule has 0 radical (unpaired) electrons. The first kappa shape index (κ1) is 11.3. The Morgan fingerprint density at radius 1 is 1.64 bits per heavy atom. The number of hydrogen-bond donors (Lipinski definition) is 1. The normalized spacial score (nSPS) is 12.6. The zero-order chi connectivity index (χ0) is 10.7. The van der Waals surface area contributed by atoms with E-state index in [4.69, 9.17) is 5.73 Å². The number of halogens is 2. The molecular formula is C10H11BrFNO. The van der Waals surface area contributed by atoms with E-state index in [0.717, 1.165) is 5.56 Å². The second-order valence-corrected chi connectivity index (χ2v) is 4.03. The quantitative estimate of drug-likeness (QED) is 0.907. The number of nitrogens with two attached hydrogens (primary N) is 1. The van der Waals surface area contributed by atoms with E-state index >= 15 is 0 Å². The van der Waals surface area contributed by atoms with Crippen molar-refractivity contribution >= 4 is 21.7 Å². The van der Waals surface area contributed by atoms with Gasteiger partial charge < -0.3 is 5.73 Å². The van der Waals surface area contributed by atoms with Gasteiger partial charge in [0, 0.05) is 16.9 Å². The van der Waals surface area contributed by atoms with Crippen LogP contribution in [0.15, 0.2) is 22.7 Å². The topological polar surface area (TPSA) is 43.1 Å². The molecule has 2 nitrogen and oxygen atoms in total. The smallest absolute Gasteiger partial charge is 0.131 e. The minimum absolute atomic E-state index is 0.0220. The Morgan fingerprint density at radius 3 is 2.79 bits per heavy atom. The molecule has 0 saturated heterocycles. The highest BCUT2D eigenvalue weighted by molar-refractivity contribution is 9.10. The monoisotopic (exact) mass is 259 g/mol. The molecule has 0 spiro atoms. The lowest BCUT2D eigenvalue weighted by Crippen LogP contribution is -2.14. The Labute approximate surface area is 90.4 Å². The van der Waals surface area contributed by atoms with E-state index in [1.165, 1.54) is 19.1 Å². The summed E-state index contributed by atoms with van der Waals surface area (Å²) in [6.45, 7) is 1.48. The minimum Gasteiger partial charge on any atom is -0.324 e. The van der Waals surface area contributed by atoms with Crippen LogP contribution in [0.2, 0.25) is 0 Å². The van der Waals surface area contributed by atoms with Gasteiger partial charge in [-0.2, -0.15) is 0 Å². The van der Waals surface area contributed by atoms with Crippen LogP contribution < -0.4 is 5.73 Å². The molecule has 76 valence electrons. The molecule has 0 bridgehead atoms. The van der Waals surface area contributed by atoms with Crippen LogP contribution in [0.25, 0.3) is 0 Å². The maximum Gasteiger partial charge on any atom is 0.131 e. The lowest BCUT2D eigenvalue weighted by Gasteiger charge is -2.11. The summed E-state index contributed by atoms with van der Waals surface area (Å²) in [6.07, 6.45) is 0.268. The largest absolute Gasteiger partial charge is 0.324 e. The number of benzene rings is 1. The van der Waals surface area contributed by atoms with Gasteiger partial charge in [0.1, 0.15) is 11.6 Å². The van der Waals surface area contributed by atoms with E-state index in [0.29, 0.717) is 4.47 Å². The number of rotatable bonds is 3. The molecule has 0 aliphatic carbocycles. The van der Waals surface area contributed by atoms with Gasteiger partial charge in [-0.15, -0.1) is 0 Å². The maximum atomic E-state index is 12.7. The first-order valence-electron chi connectivity index (χ1n) is 4.20. The fraction of sp³-hybridized carbons (Fsp3) is 0.300. The Balaban J connectivity index is 2.90. The summed E-state index contributed by atoms with van der Waals surface area (Å²) in [4.78, 5) is 10.8. The molecule has 0 unspecified atom stereocenters. The summed E-state index contributed by atoms with van der Waals surface area (Å²) in [6, 6.07) is 3.89. The molecule has 1 aromatic rings. The summed E-state index contributed by atoms with van der Waals surface area (Å²) < 4.78 is 13.3. The highest BCUT2D eigenvalue weighted by atomic mass is 79.9. The zero-order valence-corrected chi connectivity index (χ0v) is 9.34. The molecule has 0 aliphatic heterocycles. The molecule has 0 amide bonds. The number of Topliss-reactive ketones (excluding diaryl/α,β-unsaturated/α-hetero) is 1. The van der Waals surface area contributed by atoms with Crippen LogP contribution >= 0.6 is 15.9 Å². The van der Waals surface area contributed by atoms with Crippen molar-refractivity contribution < 1.29 is 9.18 Å². The van der Waals surface area contributed by atoms with Crippen LogP contribution in [0.4, 0.5) is 4.39 Å². The Morgan fingerprint density at radius 2 is 2.29 bits per heavy atom. The lowest BCUT2D eigenvalue weighted by molar-refractivity contribution is -0.117. The Kier molecular flexibility index (Phi) is 3.77. The molecule has 2 N–H and O–H groups in total. The average molecular weight is 260 g/mol. The molecule has 0 aromatic heterocycles. The molecule has 0 aliphatic rings. The van der Waals surface area contributed by atoms with Gasteiger partial charge >= 0.3 is 0 Å². The predicted molar refractivity (Wildman–Crippen MR) is 56.3 cm³/mol. The number of hydrogen-bond acceptors (Lipinski definition) is 2. The lowest BCUT2D eigenvalue weighted by atomic mass is 10.0. The molecule has 14 heavy (non-hydrogen) atoms. The SMILES string of the molecule is CC(=O)C[C@@H](N)c1ccc(F)cc1Br. The molecule has 1 aromatic carbocycles. The van der Waals surface area contributed by atoms with Crippen molar-refractivity contribution in [3.8, 4) is 0 Å². The van der Waals surface area contributed by atoms with Crippen LogP contribution in [0.5, 0.6) is 0 Å². The second kappa shape index (κ2) is 4.66. The summed E-state index contributed by atoms with van der Waals surface area (Å²) in [5.41, 5.74) is 6.53. The van der Waals surface area contributed by atoms with Crippen LogP contribution in [0.3, 0.4) is 0 Å². The van der Waals surface area contributed by atoms with Gasteiger partial charge in [-0.1, -0.05) is 22.0 Å². The summed E-state index contributed by atoms with van der Waals surface area (Å²) >= 11 is 3.21. The second-order valence-electron chi connectivity index (χ2n) is 3.18. The number of carbonyl (C=O) groups excluding carboxylic acids is 1. The minimum atomic E-state index is -0.373. The number of ketones is 1. The van der Waals surface area contributed by atoms with Crippen molar-refractivity contribution in [1.82, 2.24) is 0 Å².